The maximum absolute atomic E-state index is 4.49. The summed E-state index contributed by atoms with van der Waals surface area (Å²) in [6.07, 6.45) is 3.19. The molecule has 0 spiro atoms. The highest BCUT2D eigenvalue weighted by Gasteiger charge is 2.08. The van der Waals surface area contributed by atoms with Crippen molar-refractivity contribution in [2.45, 2.75) is 26.7 Å². The lowest BCUT2D eigenvalue weighted by molar-refractivity contribution is 0.804. The van der Waals surface area contributed by atoms with Crippen molar-refractivity contribution < 1.29 is 0 Å². The van der Waals surface area contributed by atoms with Gasteiger partial charge < -0.3 is 0 Å². The second kappa shape index (κ2) is 3.29. The Morgan fingerprint density at radius 2 is 2.00 bits per heavy atom. The minimum absolute atomic E-state index is 0.382. The SMILES string of the molecule is Cc1nc2ncncc2nc1C(C)C. The summed E-state index contributed by atoms with van der Waals surface area (Å²) < 4.78 is 0. The van der Waals surface area contributed by atoms with E-state index >= 15 is 0 Å². The molecule has 2 aromatic heterocycles. The lowest BCUT2D eigenvalue weighted by atomic mass is 10.1. The predicted molar refractivity (Wildman–Crippen MR) is 54.0 cm³/mol. The van der Waals surface area contributed by atoms with Gasteiger partial charge in [0.1, 0.15) is 11.8 Å². The monoisotopic (exact) mass is 188 g/mol. The molecule has 0 aliphatic rings. The fourth-order valence-corrected chi connectivity index (χ4v) is 1.45. The van der Waals surface area contributed by atoms with Crippen LogP contribution in [0.15, 0.2) is 12.5 Å². The van der Waals surface area contributed by atoms with Crippen molar-refractivity contribution in [1.82, 2.24) is 19.9 Å². The summed E-state index contributed by atoms with van der Waals surface area (Å²) >= 11 is 0. The van der Waals surface area contributed by atoms with E-state index in [0.717, 1.165) is 16.9 Å². The van der Waals surface area contributed by atoms with Crippen molar-refractivity contribution in [3.8, 4) is 0 Å². The number of hydrogen-bond donors (Lipinski definition) is 0. The van der Waals surface area contributed by atoms with Crippen LogP contribution in [0.3, 0.4) is 0 Å². The first kappa shape index (κ1) is 8.99. The molecule has 0 aromatic carbocycles. The molecule has 2 heterocycles. The van der Waals surface area contributed by atoms with E-state index in [2.05, 4.69) is 33.8 Å². The van der Waals surface area contributed by atoms with Gasteiger partial charge >= 0.3 is 0 Å². The number of aryl methyl sites for hydroxylation is 1. The first-order valence-electron chi connectivity index (χ1n) is 4.62. The Balaban J connectivity index is 2.71. The maximum atomic E-state index is 4.49. The van der Waals surface area contributed by atoms with Crippen LogP contribution in [0.2, 0.25) is 0 Å². The molecule has 0 unspecified atom stereocenters. The molecule has 0 aliphatic carbocycles. The number of nitrogens with zero attached hydrogens (tertiary/aromatic N) is 4. The summed E-state index contributed by atoms with van der Waals surface area (Å²) in [6, 6.07) is 0. The molecule has 72 valence electrons. The summed E-state index contributed by atoms with van der Waals surface area (Å²) in [5, 5.41) is 0. The van der Waals surface area contributed by atoms with E-state index in [1.165, 1.54) is 6.33 Å². The molecule has 0 N–H and O–H groups in total. The molecule has 0 bridgehead atoms. The van der Waals surface area contributed by atoms with Crippen LogP contribution in [-0.2, 0) is 0 Å². The van der Waals surface area contributed by atoms with Crippen molar-refractivity contribution in [3.05, 3.63) is 23.9 Å². The second-order valence-corrected chi connectivity index (χ2v) is 3.58. The summed E-state index contributed by atoms with van der Waals surface area (Å²) in [5.74, 6) is 0.382. The van der Waals surface area contributed by atoms with Crippen LogP contribution in [0.5, 0.6) is 0 Å². The summed E-state index contributed by atoms with van der Waals surface area (Å²) in [7, 11) is 0. The average Bonchev–Trinajstić information content (AvgIpc) is 2.16. The zero-order valence-corrected chi connectivity index (χ0v) is 8.52. The largest absolute Gasteiger partial charge is 0.246 e. The van der Waals surface area contributed by atoms with Gasteiger partial charge in [-0.05, 0) is 12.8 Å². The third-order valence-corrected chi connectivity index (χ3v) is 2.10. The highest BCUT2D eigenvalue weighted by atomic mass is 15.0. The molecular formula is C10H12N4. The third-order valence-electron chi connectivity index (χ3n) is 2.10. The summed E-state index contributed by atoms with van der Waals surface area (Å²) in [6.45, 7) is 6.17. The first-order valence-corrected chi connectivity index (χ1v) is 4.62. The van der Waals surface area contributed by atoms with Crippen LogP contribution in [-0.4, -0.2) is 19.9 Å². The Bertz CT molecular complexity index is 465. The van der Waals surface area contributed by atoms with Gasteiger partial charge in [-0.15, -0.1) is 0 Å². The standard InChI is InChI=1S/C10H12N4/c1-6(2)9-7(3)13-10-8(14-9)4-11-5-12-10/h4-6H,1-3H3. The number of hydrogen-bond acceptors (Lipinski definition) is 4. The molecule has 0 fully saturated rings. The van der Waals surface area contributed by atoms with E-state index in [9.17, 15) is 0 Å². The fourth-order valence-electron chi connectivity index (χ4n) is 1.45. The first-order chi connectivity index (χ1) is 6.68. The molecule has 0 aliphatic heterocycles. The van der Waals surface area contributed by atoms with E-state index in [1.807, 2.05) is 6.92 Å². The van der Waals surface area contributed by atoms with Crippen LogP contribution in [0.25, 0.3) is 11.2 Å². The second-order valence-electron chi connectivity index (χ2n) is 3.58. The van der Waals surface area contributed by atoms with Gasteiger partial charge in [-0.1, -0.05) is 13.8 Å². The van der Waals surface area contributed by atoms with E-state index in [0.29, 0.717) is 11.6 Å². The highest BCUT2D eigenvalue weighted by molar-refractivity contribution is 5.68. The van der Waals surface area contributed by atoms with Crippen molar-refractivity contribution in [2.75, 3.05) is 0 Å². The Morgan fingerprint density at radius 3 is 2.71 bits per heavy atom. The van der Waals surface area contributed by atoms with Gasteiger partial charge in [-0.3, -0.25) is 0 Å². The Hall–Kier alpha value is -1.58. The number of fused-ring (bicyclic) bond motifs is 1. The molecule has 14 heavy (non-hydrogen) atoms. The molecule has 0 saturated carbocycles. The van der Waals surface area contributed by atoms with E-state index in [-0.39, 0.29) is 0 Å². The lowest BCUT2D eigenvalue weighted by Crippen LogP contribution is -2.01. The fraction of sp³-hybridized carbons (Fsp3) is 0.400. The topological polar surface area (TPSA) is 51.6 Å². The van der Waals surface area contributed by atoms with Crippen LogP contribution in [0.4, 0.5) is 0 Å². The van der Waals surface area contributed by atoms with Gasteiger partial charge in [0, 0.05) is 0 Å². The van der Waals surface area contributed by atoms with Crippen LogP contribution < -0.4 is 0 Å². The smallest absolute Gasteiger partial charge is 0.181 e. The molecule has 0 radical (unpaired) electrons. The third kappa shape index (κ3) is 1.43. The molecular weight excluding hydrogens is 176 g/mol. The Labute approximate surface area is 82.5 Å². The normalized spacial score (nSPS) is 11.1. The minimum Gasteiger partial charge on any atom is -0.246 e. The quantitative estimate of drug-likeness (QED) is 0.685. The van der Waals surface area contributed by atoms with Crippen LogP contribution >= 0.6 is 0 Å². The van der Waals surface area contributed by atoms with Crippen molar-refractivity contribution in [1.29, 1.82) is 0 Å². The van der Waals surface area contributed by atoms with Gasteiger partial charge in [-0.25, -0.2) is 19.9 Å². The van der Waals surface area contributed by atoms with E-state index in [4.69, 9.17) is 0 Å². The molecule has 0 saturated heterocycles. The molecule has 0 atom stereocenters. The number of rotatable bonds is 1. The zero-order valence-electron chi connectivity index (χ0n) is 8.52. The molecule has 0 amide bonds. The highest BCUT2D eigenvalue weighted by Crippen LogP contribution is 2.16. The van der Waals surface area contributed by atoms with Gasteiger partial charge in [0.05, 0.1) is 17.6 Å². The molecule has 2 aromatic rings. The van der Waals surface area contributed by atoms with Crippen molar-refractivity contribution in [2.24, 2.45) is 0 Å². The van der Waals surface area contributed by atoms with Gasteiger partial charge in [0.15, 0.2) is 5.65 Å². The molecule has 4 nitrogen and oxygen atoms in total. The minimum atomic E-state index is 0.382. The number of aromatic nitrogens is 4. The summed E-state index contributed by atoms with van der Waals surface area (Å²) in [4.78, 5) is 16.9. The van der Waals surface area contributed by atoms with E-state index < -0.39 is 0 Å². The van der Waals surface area contributed by atoms with E-state index in [1.54, 1.807) is 6.20 Å². The molecule has 2 rings (SSSR count). The maximum Gasteiger partial charge on any atom is 0.181 e. The van der Waals surface area contributed by atoms with Gasteiger partial charge in [0.2, 0.25) is 0 Å². The summed E-state index contributed by atoms with van der Waals surface area (Å²) in [5.41, 5.74) is 3.40. The van der Waals surface area contributed by atoms with Crippen LogP contribution in [0, 0.1) is 6.92 Å². The average molecular weight is 188 g/mol. The molecule has 4 heteroatoms. The predicted octanol–water partition coefficient (Wildman–Crippen LogP) is 1.85. The zero-order chi connectivity index (χ0) is 10.1. The lowest BCUT2D eigenvalue weighted by Gasteiger charge is -2.07. The Morgan fingerprint density at radius 1 is 1.21 bits per heavy atom. The van der Waals surface area contributed by atoms with Crippen LogP contribution in [0.1, 0.15) is 31.2 Å². The Kier molecular flexibility index (Phi) is 2.11. The van der Waals surface area contributed by atoms with Crippen molar-refractivity contribution in [3.63, 3.8) is 0 Å². The van der Waals surface area contributed by atoms with Gasteiger partial charge in [0.25, 0.3) is 0 Å². The van der Waals surface area contributed by atoms with Gasteiger partial charge in [-0.2, -0.15) is 0 Å². The van der Waals surface area contributed by atoms with Crippen molar-refractivity contribution >= 4 is 11.2 Å².